The number of alkyl carbamates (subject to hydrolysis) is 2. The number of aromatic nitrogens is 1. The van der Waals surface area contributed by atoms with E-state index in [4.69, 9.17) is 18.9 Å². The second-order valence-corrected chi connectivity index (χ2v) is 14.8. The van der Waals surface area contributed by atoms with Crippen molar-refractivity contribution in [2.75, 3.05) is 13.7 Å². The summed E-state index contributed by atoms with van der Waals surface area (Å²) in [5.41, 5.74) is 1.08. The van der Waals surface area contributed by atoms with Gasteiger partial charge in [-0.25, -0.2) is 14.4 Å². The summed E-state index contributed by atoms with van der Waals surface area (Å²) < 4.78 is 21.7. The van der Waals surface area contributed by atoms with Gasteiger partial charge in [0.2, 0.25) is 11.8 Å². The number of esters is 1. The van der Waals surface area contributed by atoms with Crippen LogP contribution in [0.4, 0.5) is 9.59 Å². The first kappa shape index (κ1) is 42.3. The fraction of sp³-hybridized carbons (Fsp3) is 0.513. The molecule has 0 unspecified atom stereocenters. The van der Waals surface area contributed by atoms with Gasteiger partial charge in [0.05, 0.1) is 18.8 Å². The first-order valence-electron chi connectivity index (χ1n) is 17.8. The number of carbonyl (C=O) groups is 5. The minimum absolute atomic E-state index is 0.0137. The normalized spacial score (nSPS) is 13.9. The average Bonchev–Trinajstić information content (AvgIpc) is 3.49. The van der Waals surface area contributed by atoms with E-state index in [1.165, 1.54) is 7.11 Å². The molecule has 2 aromatic carbocycles. The molecule has 0 saturated carbocycles. The summed E-state index contributed by atoms with van der Waals surface area (Å²) in [5.74, 6) is -2.02. The van der Waals surface area contributed by atoms with Gasteiger partial charge in [-0.05, 0) is 84.9 Å². The van der Waals surface area contributed by atoms with E-state index >= 15 is 0 Å². The lowest BCUT2D eigenvalue weighted by molar-refractivity contribution is -0.153. The third kappa shape index (κ3) is 14.8. The third-order valence-corrected chi connectivity index (χ3v) is 7.90. The molecule has 0 radical (unpaired) electrons. The second kappa shape index (κ2) is 19.6. The SMILES string of the molecule is COC(=O)[C@@H](NC(=O)[C@H](CCCCNC(=O)OC(C)(C)C)NC(=O)[C@@H](Cc1c[nH]c2ccccc12)NC(=O)OCc1ccccc1)[C@@H](C)OC(C)(C)C. The van der Waals surface area contributed by atoms with Crippen LogP contribution in [0.1, 0.15) is 78.9 Å². The quantitative estimate of drug-likeness (QED) is 0.0719. The van der Waals surface area contributed by atoms with Crippen LogP contribution in [0.3, 0.4) is 0 Å². The molecule has 290 valence electrons. The van der Waals surface area contributed by atoms with Crippen molar-refractivity contribution in [3.8, 4) is 0 Å². The van der Waals surface area contributed by atoms with Gasteiger partial charge in [-0.3, -0.25) is 9.59 Å². The zero-order valence-corrected chi connectivity index (χ0v) is 32.0. The minimum atomic E-state index is -1.19. The number of nitrogens with one attached hydrogen (secondary N) is 5. The highest BCUT2D eigenvalue weighted by atomic mass is 16.6. The maximum Gasteiger partial charge on any atom is 0.408 e. The van der Waals surface area contributed by atoms with E-state index in [0.29, 0.717) is 12.8 Å². The van der Waals surface area contributed by atoms with Gasteiger partial charge in [-0.1, -0.05) is 48.5 Å². The van der Waals surface area contributed by atoms with Crippen molar-refractivity contribution < 1.29 is 42.9 Å². The molecule has 0 fully saturated rings. The third-order valence-electron chi connectivity index (χ3n) is 7.90. The van der Waals surface area contributed by atoms with Crippen molar-refractivity contribution in [1.82, 2.24) is 26.3 Å². The lowest BCUT2D eigenvalue weighted by Crippen LogP contribution is -2.58. The summed E-state index contributed by atoms with van der Waals surface area (Å²) in [6.45, 7) is 12.6. The van der Waals surface area contributed by atoms with Gasteiger partial charge in [0.1, 0.15) is 24.3 Å². The minimum Gasteiger partial charge on any atom is -0.467 e. The van der Waals surface area contributed by atoms with E-state index in [9.17, 15) is 24.0 Å². The summed E-state index contributed by atoms with van der Waals surface area (Å²) in [7, 11) is 1.21. The summed E-state index contributed by atoms with van der Waals surface area (Å²) >= 11 is 0. The first-order chi connectivity index (χ1) is 25.0. The summed E-state index contributed by atoms with van der Waals surface area (Å²) in [5, 5.41) is 11.7. The molecule has 0 bridgehead atoms. The van der Waals surface area contributed by atoms with E-state index in [1.807, 2.05) is 75.4 Å². The molecule has 1 heterocycles. The van der Waals surface area contributed by atoms with E-state index in [0.717, 1.165) is 22.0 Å². The lowest BCUT2D eigenvalue weighted by atomic mass is 10.0. The molecule has 3 aromatic rings. The largest absolute Gasteiger partial charge is 0.467 e. The highest BCUT2D eigenvalue weighted by Crippen LogP contribution is 2.20. The van der Waals surface area contributed by atoms with E-state index in [2.05, 4.69) is 26.3 Å². The maximum atomic E-state index is 14.1. The van der Waals surface area contributed by atoms with Gasteiger partial charge >= 0.3 is 18.2 Å². The highest BCUT2D eigenvalue weighted by Gasteiger charge is 2.35. The highest BCUT2D eigenvalue weighted by molar-refractivity contribution is 5.94. The number of hydrogen-bond donors (Lipinski definition) is 5. The Hall–Kier alpha value is -5.11. The number of rotatable bonds is 17. The predicted octanol–water partition coefficient (Wildman–Crippen LogP) is 5.05. The lowest BCUT2D eigenvalue weighted by Gasteiger charge is -2.31. The number of unbranched alkanes of at least 4 members (excludes halogenated alkanes) is 1. The maximum absolute atomic E-state index is 14.1. The molecule has 0 saturated heterocycles. The Morgan fingerprint density at radius 3 is 2.09 bits per heavy atom. The van der Waals surface area contributed by atoms with Gasteiger partial charge in [-0.2, -0.15) is 0 Å². The predicted molar refractivity (Wildman–Crippen MR) is 200 cm³/mol. The van der Waals surface area contributed by atoms with Crippen LogP contribution < -0.4 is 21.3 Å². The number of ether oxygens (including phenoxy) is 4. The van der Waals surface area contributed by atoms with Crippen molar-refractivity contribution in [1.29, 1.82) is 0 Å². The molecule has 14 nitrogen and oxygen atoms in total. The van der Waals surface area contributed by atoms with Crippen LogP contribution in [0.25, 0.3) is 10.9 Å². The molecule has 4 atom stereocenters. The average molecular weight is 738 g/mol. The van der Waals surface area contributed by atoms with Crippen LogP contribution in [-0.4, -0.2) is 84.0 Å². The Kier molecular flexibility index (Phi) is 15.7. The van der Waals surface area contributed by atoms with Gasteiger partial charge in [0.15, 0.2) is 6.04 Å². The van der Waals surface area contributed by atoms with Crippen molar-refractivity contribution in [3.63, 3.8) is 0 Å². The van der Waals surface area contributed by atoms with Gasteiger partial charge < -0.3 is 45.2 Å². The van der Waals surface area contributed by atoms with E-state index in [-0.39, 0.29) is 26.0 Å². The molecule has 0 aliphatic rings. The fourth-order valence-electron chi connectivity index (χ4n) is 5.53. The van der Waals surface area contributed by atoms with Crippen molar-refractivity contribution in [2.24, 2.45) is 0 Å². The number of hydrogen-bond acceptors (Lipinski definition) is 9. The van der Waals surface area contributed by atoms with Crippen LogP contribution in [0.2, 0.25) is 0 Å². The Morgan fingerprint density at radius 2 is 1.43 bits per heavy atom. The standard InChI is InChI=1S/C39H55N5O9/c1-25(52-38(2,3)4)32(35(47)50-8)44-33(45)30(20-14-15-21-40-36(48)53-39(5,6)7)42-34(46)31(22-27-23-41-29-19-13-12-18-28(27)29)43-37(49)51-24-26-16-10-9-11-17-26/h9-13,16-19,23,25,30-32,41H,14-15,20-22,24H2,1-8H3,(H,40,48)(H,42,46)(H,43,49)(H,44,45)/t25-,30+,31-,32+/m1/s1. The molecular formula is C39H55N5O9. The number of para-hydroxylation sites is 1. The van der Waals surface area contributed by atoms with Crippen LogP contribution in [0, 0.1) is 0 Å². The molecular weight excluding hydrogens is 682 g/mol. The number of methoxy groups -OCH3 is 1. The number of benzene rings is 2. The number of fused-ring (bicyclic) bond motifs is 1. The molecule has 14 heteroatoms. The zero-order chi connectivity index (χ0) is 39.2. The molecule has 4 amide bonds. The van der Waals surface area contributed by atoms with E-state index < -0.39 is 65.4 Å². The Bertz CT molecular complexity index is 1660. The van der Waals surface area contributed by atoms with Crippen LogP contribution in [0.15, 0.2) is 60.8 Å². The number of aromatic amines is 1. The first-order valence-corrected chi connectivity index (χ1v) is 17.8. The molecule has 5 N–H and O–H groups in total. The van der Waals surface area contributed by atoms with Gasteiger partial charge in [-0.15, -0.1) is 0 Å². The monoisotopic (exact) mass is 737 g/mol. The van der Waals surface area contributed by atoms with Crippen LogP contribution in [-0.2, 0) is 46.4 Å². The van der Waals surface area contributed by atoms with Crippen molar-refractivity contribution in [3.05, 3.63) is 71.9 Å². The number of H-pyrrole nitrogens is 1. The van der Waals surface area contributed by atoms with Gasteiger partial charge in [0, 0.05) is 30.1 Å². The Morgan fingerprint density at radius 1 is 0.774 bits per heavy atom. The van der Waals surface area contributed by atoms with E-state index in [1.54, 1.807) is 33.9 Å². The van der Waals surface area contributed by atoms with Gasteiger partial charge in [0.25, 0.3) is 0 Å². The molecule has 1 aromatic heterocycles. The Balaban J connectivity index is 1.83. The Labute approximate surface area is 311 Å². The molecule has 0 aliphatic carbocycles. The van der Waals surface area contributed by atoms with Crippen molar-refractivity contribution in [2.45, 2.75) is 116 Å². The number of carbonyl (C=O) groups excluding carboxylic acids is 5. The molecule has 53 heavy (non-hydrogen) atoms. The van der Waals surface area contributed by atoms with Crippen LogP contribution in [0.5, 0.6) is 0 Å². The number of amides is 4. The second-order valence-electron chi connectivity index (χ2n) is 14.8. The summed E-state index contributed by atoms with van der Waals surface area (Å²) in [6, 6.07) is 13.2. The van der Waals surface area contributed by atoms with Crippen LogP contribution >= 0.6 is 0 Å². The van der Waals surface area contributed by atoms with Crippen molar-refractivity contribution >= 4 is 40.9 Å². The smallest absolute Gasteiger partial charge is 0.408 e. The fourth-order valence-corrected chi connectivity index (χ4v) is 5.53. The topological polar surface area (TPSA) is 186 Å². The summed E-state index contributed by atoms with van der Waals surface area (Å²) in [6.07, 6.45) is 0.648. The molecule has 0 spiro atoms. The molecule has 3 rings (SSSR count). The molecule has 0 aliphatic heterocycles. The summed E-state index contributed by atoms with van der Waals surface area (Å²) in [4.78, 5) is 69.2. The zero-order valence-electron chi connectivity index (χ0n) is 32.0.